The molecule has 98 valence electrons. The van der Waals surface area contributed by atoms with Gasteiger partial charge in [0, 0.05) is 11.9 Å². The number of hydrogen-bond acceptors (Lipinski definition) is 3. The van der Waals surface area contributed by atoms with Crippen molar-refractivity contribution in [1.82, 2.24) is 10.4 Å². The Morgan fingerprint density at radius 2 is 1.89 bits per heavy atom. The SMILES string of the molecule is Cc1ccc(C(NN)c2ccc3c(c2)CCC3)cn1. The van der Waals surface area contributed by atoms with Gasteiger partial charge in [-0.1, -0.05) is 24.3 Å². The number of aryl methyl sites for hydroxylation is 3. The van der Waals surface area contributed by atoms with Crippen molar-refractivity contribution >= 4 is 0 Å². The largest absolute Gasteiger partial charge is 0.271 e. The molecule has 0 radical (unpaired) electrons. The van der Waals surface area contributed by atoms with Crippen molar-refractivity contribution in [3.8, 4) is 0 Å². The molecule has 3 N–H and O–H groups in total. The predicted octanol–water partition coefficient (Wildman–Crippen LogP) is 2.43. The van der Waals surface area contributed by atoms with E-state index in [1.54, 1.807) is 0 Å². The van der Waals surface area contributed by atoms with Gasteiger partial charge >= 0.3 is 0 Å². The number of aromatic nitrogens is 1. The van der Waals surface area contributed by atoms with Gasteiger partial charge in [-0.25, -0.2) is 5.43 Å². The van der Waals surface area contributed by atoms with Crippen LogP contribution in [0.15, 0.2) is 36.5 Å². The quantitative estimate of drug-likeness (QED) is 0.652. The smallest absolute Gasteiger partial charge is 0.0725 e. The molecule has 1 atom stereocenters. The Hall–Kier alpha value is -1.71. The van der Waals surface area contributed by atoms with E-state index in [1.807, 2.05) is 19.2 Å². The minimum Gasteiger partial charge on any atom is -0.271 e. The third-order valence-electron chi connectivity index (χ3n) is 3.89. The lowest BCUT2D eigenvalue weighted by molar-refractivity contribution is 0.633. The Bertz CT molecular complexity index is 575. The zero-order valence-corrected chi connectivity index (χ0v) is 11.2. The van der Waals surface area contributed by atoms with Crippen LogP contribution in [0.25, 0.3) is 0 Å². The highest BCUT2D eigenvalue weighted by molar-refractivity contribution is 5.39. The highest BCUT2D eigenvalue weighted by Gasteiger charge is 2.16. The molecular formula is C16H19N3. The molecule has 1 aliphatic rings. The summed E-state index contributed by atoms with van der Waals surface area (Å²) in [6.45, 7) is 1.99. The summed E-state index contributed by atoms with van der Waals surface area (Å²) in [5, 5.41) is 0. The number of fused-ring (bicyclic) bond motifs is 1. The summed E-state index contributed by atoms with van der Waals surface area (Å²) in [4.78, 5) is 4.35. The molecular weight excluding hydrogens is 234 g/mol. The number of nitrogens with two attached hydrogens (primary N) is 1. The molecule has 0 aliphatic heterocycles. The van der Waals surface area contributed by atoms with E-state index in [-0.39, 0.29) is 6.04 Å². The summed E-state index contributed by atoms with van der Waals surface area (Å²) in [6, 6.07) is 10.8. The maximum absolute atomic E-state index is 5.74. The van der Waals surface area contributed by atoms with Gasteiger partial charge in [0.05, 0.1) is 6.04 Å². The topological polar surface area (TPSA) is 50.9 Å². The fourth-order valence-electron chi connectivity index (χ4n) is 2.81. The second kappa shape index (κ2) is 5.11. The highest BCUT2D eigenvalue weighted by atomic mass is 15.2. The Morgan fingerprint density at radius 3 is 2.63 bits per heavy atom. The lowest BCUT2D eigenvalue weighted by Crippen LogP contribution is -2.29. The van der Waals surface area contributed by atoms with E-state index in [0.717, 1.165) is 11.3 Å². The van der Waals surface area contributed by atoms with E-state index in [0.29, 0.717) is 0 Å². The number of hydrazine groups is 1. The molecule has 3 heteroatoms. The minimum absolute atomic E-state index is 0.0130. The molecule has 1 unspecified atom stereocenters. The maximum Gasteiger partial charge on any atom is 0.0725 e. The molecule has 0 saturated carbocycles. The number of nitrogens with one attached hydrogen (secondary N) is 1. The van der Waals surface area contributed by atoms with Gasteiger partial charge in [-0.2, -0.15) is 0 Å². The second-order valence-electron chi connectivity index (χ2n) is 5.21. The Kier molecular flexibility index (Phi) is 3.32. The molecule has 1 aromatic heterocycles. The Morgan fingerprint density at radius 1 is 1.11 bits per heavy atom. The van der Waals surface area contributed by atoms with Gasteiger partial charge in [0.15, 0.2) is 0 Å². The van der Waals surface area contributed by atoms with E-state index >= 15 is 0 Å². The molecule has 0 amide bonds. The molecule has 1 aromatic carbocycles. The second-order valence-corrected chi connectivity index (χ2v) is 5.21. The van der Waals surface area contributed by atoms with Crippen LogP contribution in [0, 0.1) is 6.92 Å². The average Bonchev–Trinajstić information content (AvgIpc) is 2.89. The van der Waals surface area contributed by atoms with Crippen LogP contribution in [-0.4, -0.2) is 4.98 Å². The average molecular weight is 253 g/mol. The van der Waals surface area contributed by atoms with Crippen LogP contribution >= 0.6 is 0 Å². The van der Waals surface area contributed by atoms with E-state index in [9.17, 15) is 0 Å². The Balaban J connectivity index is 1.96. The fraction of sp³-hybridized carbons (Fsp3) is 0.312. The first kappa shape index (κ1) is 12.3. The van der Waals surface area contributed by atoms with Crippen LogP contribution in [0.2, 0.25) is 0 Å². The van der Waals surface area contributed by atoms with Gasteiger partial charge in [-0.3, -0.25) is 10.8 Å². The molecule has 0 fully saturated rings. The molecule has 0 saturated heterocycles. The van der Waals surface area contributed by atoms with Gasteiger partial charge in [-0.05, 0) is 54.5 Å². The molecule has 0 bridgehead atoms. The molecule has 3 rings (SSSR count). The summed E-state index contributed by atoms with van der Waals surface area (Å²) in [7, 11) is 0. The Labute approximate surface area is 113 Å². The van der Waals surface area contributed by atoms with Gasteiger partial charge in [0.2, 0.25) is 0 Å². The molecule has 3 nitrogen and oxygen atoms in total. The first-order chi connectivity index (χ1) is 9.28. The highest BCUT2D eigenvalue weighted by Crippen LogP contribution is 2.27. The van der Waals surface area contributed by atoms with Crippen LogP contribution in [-0.2, 0) is 12.8 Å². The molecule has 19 heavy (non-hydrogen) atoms. The summed E-state index contributed by atoms with van der Waals surface area (Å²) in [6.07, 6.45) is 5.56. The summed E-state index contributed by atoms with van der Waals surface area (Å²) in [5.74, 6) is 5.74. The van der Waals surface area contributed by atoms with Crippen LogP contribution in [0.5, 0.6) is 0 Å². The van der Waals surface area contributed by atoms with Crippen molar-refractivity contribution < 1.29 is 0 Å². The normalized spacial score (nSPS) is 15.3. The number of rotatable bonds is 3. The number of nitrogens with zero attached hydrogens (tertiary/aromatic N) is 1. The summed E-state index contributed by atoms with van der Waals surface area (Å²) < 4.78 is 0. The standard InChI is InChI=1S/C16H19N3/c1-11-5-6-15(10-18-11)16(19-17)14-8-7-12-3-2-4-13(12)9-14/h5-10,16,19H,2-4,17H2,1H3. The third-order valence-corrected chi connectivity index (χ3v) is 3.89. The predicted molar refractivity (Wildman–Crippen MR) is 76.6 cm³/mol. The van der Waals surface area contributed by atoms with Crippen molar-refractivity contribution in [2.45, 2.75) is 32.2 Å². The van der Waals surface area contributed by atoms with Crippen molar-refractivity contribution in [3.63, 3.8) is 0 Å². The summed E-state index contributed by atoms with van der Waals surface area (Å²) in [5.41, 5.74) is 9.20. The third kappa shape index (κ3) is 2.39. The first-order valence-electron chi connectivity index (χ1n) is 6.78. The van der Waals surface area contributed by atoms with Crippen LogP contribution in [0.4, 0.5) is 0 Å². The van der Waals surface area contributed by atoms with Crippen molar-refractivity contribution in [2.24, 2.45) is 5.84 Å². The minimum atomic E-state index is 0.0130. The van der Waals surface area contributed by atoms with Crippen LogP contribution < -0.4 is 11.3 Å². The molecule has 0 spiro atoms. The van der Waals surface area contributed by atoms with Gasteiger partial charge in [0.1, 0.15) is 0 Å². The van der Waals surface area contributed by atoms with E-state index < -0.39 is 0 Å². The van der Waals surface area contributed by atoms with Crippen LogP contribution in [0.3, 0.4) is 0 Å². The van der Waals surface area contributed by atoms with E-state index in [2.05, 4.69) is 34.7 Å². The molecule has 2 aromatic rings. The number of benzene rings is 1. The van der Waals surface area contributed by atoms with E-state index in [4.69, 9.17) is 5.84 Å². The zero-order chi connectivity index (χ0) is 13.2. The molecule has 1 aliphatic carbocycles. The lowest BCUT2D eigenvalue weighted by atomic mass is 9.97. The van der Waals surface area contributed by atoms with Crippen molar-refractivity contribution in [2.75, 3.05) is 0 Å². The van der Waals surface area contributed by atoms with Crippen LogP contribution in [0.1, 0.15) is 40.4 Å². The fourth-order valence-corrected chi connectivity index (χ4v) is 2.81. The molecule has 1 heterocycles. The van der Waals surface area contributed by atoms with Gasteiger partial charge in [0.25, 0.3) is 0 Å². The number of hydrogen-bond donors (Lipinski definition) is 2. The van der Waals surface area contributed by atoms with E-state index in [1.165, 1.54) is 36.0 Å². The van der Waals surface area contributed by atoms with Crippen molar-refractivity contribution in [1.29, 1.82) is 0 Å². The number of pyridine rings is 1. The summed E-state index contributed by atoms with van der Waals surface area (Å²) >= 11 is 0. The van der Waals surface area contributed by atoms with Gasteiger partial charge in [-0.15, -0.1) is 0 Å². The van der Waals surface area contributed by atoms with Crippen molar-refractivity contribution in [3.05, 3.63) is 64.5 Å². The lowest BCUT2D eigenvalue weighted by Gasteiger charge is -2.17. The maximum atomic E-state index is 5.74. The monoisotopic (exact) mass is 253 g/mol. The van der Waals surface area contributed by atoms with Gasteiger partial charge < -0.3 is 0 Å². The first-order valence-corrected chi connectivity index (χ1v) is 6.78. The zero-order valence-electron chi connectivity index (χ0n) is 11.2.